The summed E-state index contributed by atoms with van der Waals surface area (Å²) in [6.45, 7) is 0.726. The number of furan rings is 1. The molecule has 0 radical (unpaired) electrons. The van der Waals surface area contributed by atoms with Crippen molar-refractivity contribution in [1.82, 2.24) is 4.98 Å². The number of carbonyl (C=O) groups is 1. The molecule has 0 saturated heterocycles. The summed E-state index contributed by atoms with van der Waals surface area (Å²) in [5.41, 5.74) is 1.67. The van der Waals surface area contributed by atoms with Crippen LogP contribution in [0, 0.1) is 0 Å². The van der Waals surface area contributed by atoms with Gasteiger partial charge in [-0.15, -0.1) is 0 Å². The fourth-order valence-corrected chi connectivity index (χ4v) is 1.43. The number of aldehydes is 1. The molecule has 0 aliphatic carbocycles. The monoisotopic (exact) mass is 216 g/mol. The molecule has 0 aliphatic heterocycles. The third-order valence-corrected chi connectivity index (χ3v) is 2.30. The minimum Gasteiger partial charge on any atom is -0.472 e. The summed E-state index contributed by atoms with van der Waals surface area (Å²) < 4.78 is 4.99. The molecular formula is C12H12N2O2. The SMILES string of the molecule is CN(Cc1ccoc1)c1ccc(C=O)cn1. The molecule has 2 heterocycles. The molecule has 2 aromatic rings. The van der Waals surface area contributed by atoms with Gasteiger partial charge in [-0.05, 0) is 18.2 Å². The minimum atomic E-state index is 0.584. The van der Waals surface area contributed by atoms with E-state index in [4.69, 9.17) is 4.42 Å². The maximum absolute atomic E-state index is 10.5. The third-order valence-electron chi connectivity index (χ3n) is 2.30. The van der Waals surface area contributed by atoms with Crippen molar-refractivity contribution in [1.29, 1.82) is 0 Å². The van der Waals surface area contributed by atoms with Crippen molar-refractivity contribution in [3.05, 3.63) is 48.0 Å². The van der Waals surface area contributed by atoms with Crippen LogP contribution in [0.15, 0.2) is 41.3 Å². The van der Waals surface area contributed by atoms with E-state index in [0.29, 0.717) is 5.56 Å². The van der Waals surface area contributed by atoms with Gasteiger partial charge >= 0.3 is 0 Å². The van der Waals surface area contributed by atoms with Crippen LogP contribution < -0.4 is 4.90 Å². The summed E-state index contributed by atoms with van der Waals surface area (Å²) >= 11 is 0. The Morgan fingerprint density at radius 3 is 2.88 bits per heavy atom. The number of hydrogen-bond acceptors (Lipinski definition) is 4. The Balaban J connectivity index is 2.08. The molecule has 0 bridgehead atoms. The molecule has 2 rings (SSSR count). The second-order valence-corrected chi connectivity index (χ2v) is 3.56. The number of pyridine rings is 1. The second-order valence-electron chi connectivity index (χ2n) is 3.56. The molecule has 82 valence electrons. The fourth-order valence-electron chi connectivity index (χ4n) is 1.43. The molecule has 0 unspecified atom stereocenters. The maximum atomic E-state index is 10.5. The van der Waals surface area contributed by atoms with Gasteiger partial charge in [0.05, 0.1) is 12.5 Å². The lowest BCUT2D eigenvalue weighted by atomic mass is 10.3. The van der Waals surface area contributed by atoms with Crippen molar-refractivity contribution in [2.45, 2.75) is 6.54 Å². The molecule has 0 fully saturated rings. The van der Waals surface area contributed by atoms with E-state index < -0.39 is 0 Å². The first-order valence-electron chi connectivity index (χ1n) is 4.93. The molecule has 0 amide bonds. The molecule has 0 atom stereocenters. The van der Waals surface area contributed by atoms with Crippen molar-refractivity contribution in [3.63, 3.8) is 0 Å². The zero-order chi connectivity index (χ0) is 11.4. The third kappa shape index (κ3) is 2.28. The number of aromatic nitrogens is 1. The summed E-state index contributed by atoms with van der Waals surface area (Å²) in [4.78, 5) is 16.7. The molecule has 2 aromatic heterocycles. The fraction of sp³-hybridized carbons (Fsp3) is 0.167. The first-order valence-corrected chi connectivity index (χ1v) is 4.93. The van der Waals surface area contributed by atoms with Crippen LogP contribution in [0.2, 0.25) is 0 Å². The Labute approximate surface area is 93.5 Å². The zero-order valence-corrected chi connectivity index (χ0v) is 8.96. The van der Waals surface area contributed by atoms with E-state index >= 15 is 0 Å². The Hall–Kier alpha value is -2.10. The van der Waals surface area contributed by atoms with Gasteiger partial charge in [0.2, 0.25) is 0 Å². The molecule has 0 aromatic carbocycles. The highest BCUT2D eigenvalue weighted by Gasteiger charge is 2.04. The molecule has 4 heteroatoms. The molecule has 0 N–H and O–H groups in total. The van der Waals surface area contributed by atoms with Crippen LogP contribution in [-0.4, -0.2) is 18.3 Å². The molecule has 0 spiro atoms. The van der Waals surface area contributed by atoms with Gasteiger partial charge in [-0.1, -0.05) is 0 Å². The first-order chi connectivity index (χ1) is 7.79. The Kier molecular flexibility index (Phi) is 3.00. The smallest absolute Gasteiger partial charge is 0.151 e. The van der Waals surface area contributed by atoms with E-state index in [1.807, 2.05) is 24.1 Å². The average molecular weight is 216 g/mol. The number of rotatable bonds is 4. The highest BCUT2D eigenvalue weighted by molar-refractivity contribution is 5.74. The van der Waals surface area contributed by atoms with Gasteiger partial charge in [-0.25, -0.2) is 4.98 Å². The standard InChI is InChI=1S/C12H12N2O2/c1-14(7-11-4-5-16-9-11)12-3-2-10(8-15)6-13-12/h2-6,8-9H,7H2,1H3. The van der Waals surface area contributed by atoms with Crippen LogP contribution in [0.3, 0.4) is 0 Å². The number of hydrogen-bond donors (Lipinski definition) is 0. The van der Waals surface area contributed by atoms with Crippen LogP contribution in [0.1, 0.15) is 15.9 Å². The van der Waals surface area contributed by atoms with E-state index in [2.05, 4.69) is 4.98 Å². The molecule has 0 saturated carbocycles. The molecular weight excluding hydrogens is 204 g/mol. The lowest BCUT2D eigenvalue weighted by molar-refractivity contribution is 0.112. The van der Waals surface area contributed by atoms with Crippen LogP contribution >= 0.6 is 0 Å². The second kappa shape index (κ2) is 4.61. The minimum absolute atomic E-state index is 0.584. The van der Waals surface area contributed by atoms with Crippen molar-refractivity contribution >= 4 is 12.1 Å². The predicted octanol–water partition coefficient (Wildman–Crippen LogP) is 2.12. The van der Waals surface area contributed by atoms with Crippen LogP contribution in [0.25, 0.3) is 0 Å². The largest absolute Gasteiger partial charge is 0.472 e. The number of nitrogens with zero attached hydrogens (tertiary/aromatic N) is 2. The summed E-state index contributed by atoms with van der Waals surface area (Å²) in [6, 6.07) is 5.49. The summed E-state index contributed by atoms with van der Waals surface area (Å²) in [7, 11) is 1.94. The highest BCUT2D eigenvalue weighted by atomic mass is 16.3. The van der Waals surface area contributed by atoms with Gasteiger partial charge in [-0.2, -0.15) is 0 Å². The Bertz CT molecular complexity index is 448. The van der Waals surface area contributed by atoms with E-state index in [0.717, 1.165) is 24.2 Å². The lowest BCUT2D eigenvalue weighted by Crippen LogP contribution is -2.17. The van der Waals surface area contributed by atoms with Gasteiger partial charge in [-0.3, -0.25) is 4.79 Å². The normalized spacial score (nSPS) is 10.1. The first kappa shape index (κ1) is 10.4. The van der Waals surface area contributed by atoms with Crippen LogP contribution in [-0.2, 0) is 6.54 Å². The average Bonchev–Trinajstić information content (AvgIpc) is 2.82. The number of anilines is 1. The highest BCUT2D eigenvalue weighted by Crippen LogP contribution is 2.12. The lowest BCUT2D eigenvalue weighted by Gasteiger charge is -2.16. The zero-order valence-electron chi connectivity index (χ0n) is 8.96. The van der Waals surface area contributed by atoms with E-state index in [9.17, 15) is 4.79 Å². The number of carbonyl (C=O) groups excluding carboxylic acids is 1. The van der Waals surface area contributed by atoms with Crippen molar-refractivity contribution in [3.8, 4) is 0 Å². The molecule has 0 aliphatic rings. The van der Waals surface area contributed by atoms with Gasteiger partial charge < -0.3 is 9.32 Å². The Morgan fingerprint density at radius 1 is 1.44 bits per heavy atom. The van der Waals surface area contributed by atoms with E-state index in [1.54, 1.807) is 24.8 Å². The predicted molar refractivity (Wildman–Crippen MR) is 60.4 cm³/mol. The van der Waals surface area contributed by atoms with Gasteiger partial charge in [0.1, 0.15) is 5.82 Å². The quantitative estimate of drug-likeness (QED) is 0.734. The van der Waals surface area contributed by atoms with Crippen molar-refractivity contribution in [2.75, 3.05) is 11.9 Å². The molecule has 4 nitrogen and oxygen atoms in total. The van der Waals surface area contributed by atoms with E-state index in [1.165, 1.54) is 0 Å². The molecule has 16 heavy (non-hydrogen) atoms. The van der Waals surface area contributed by atoms with Gasteiger partial charge in [0.15, 0.2) is 6.29 Å². The van der Waals surface area contributed by atoms with Crippen LogP contribution in [0.4, 0.5) is 5.82 Å². The van der Waals surface area contributed by atoms with E-state index in [-0.39, 0.29) is 0 Å². The van der Waals surface area contributed by atoms with Crippen molar-refractivity contribution in [2.24, 2.45) is 0 Å². The Morgan fingerprint density at radius 2 is 2.31 bits per heavy atom. The summed E-state index contributed by atoms with van der Waals surface area (Å²) in [6.07, 6.45) is 5.70. The topological polar surface area (TPSA) is 46.3 Å². The maximum Gasteiger partial charge on any atom is 0.151 e. The van der Waals surface area contributed by atoms with Crippen LogP contribution in [0.5, 0.6) is 0 Å². The van der Waals surface area contributed by atoms with Gasteiger partial charge in [0.25, 0.3) is 0 Å². The summed E-state index contributed by atoms with van der Waals surface area (Å²) in [5, 5.41) is 0. The van der Waals surface area contributed by atoms with Crippen molar-refractivity contribution < 1.29 is 9.21 Å². The summed E-state index contributed by atoms with van der Waals surface area (Å²) in [5.74, 6) is 0.826. The van der Waals surface area contributed by atoms with Gasteiger partial charge in [0, 0.05) is 30.9 Å².